The number of nitrogens with zero attached hydrogens (tertiary/aromatic N) is 2. The number of aromatic nitrogens is 1. The molecule has 1 fully saturated rings. The third kappa shape index (κ3) is 3.85. The molecule has 0 atom stereocenters. The van der Waals surface area contributed by atoms with Gasteiger partial charge in [-0.2, -0.15) is 0 Å². The molecule has 2 rings (SSSR count). The minimum Gasteiger partial charge on any atom is -0.370 e. The van der Waals surface area contributed by atoms with Gasteiger partial charge >= 0.3 is 0 Å². The van der Waals surface area contributed by atoms with E-state index in [1.807, 2.05) is 7.05 Å². The third-order valence-electron chi connectivity index (χ3n) is 3.70. The van der Waals surface area contributed by atoms with E-state index in [1.165, 1.54) is 19.3 Å². The van der Waals surface area contributed by atoms with Crippen molar-refractivity contribution < 1.29 is 4.79 Å². The number of carbonyl (C=O) groups is 1. The van der Waals surface area contributed by atoms with Gasteiger partial charge in [0, 0.05) is 25.7 Å². The minimum absolute atomic E-state index is 0.0146. The standard InChI is InChI=1S/C15H22ClN3O/c1-3-7-17-14-9-12(8-13(16)18-14)15(20)19(2)10-11-5-4-6-11/h8-9,11H,3-7,10H2,1-2H3,(H,17,18). The second-order valence-electron chi connectivity index (χ2n) is 5.47. The average molecular weight is 296 g/mol. The van der Waals surface area contributed by atoms with Gasteiger partial charge < -0.3 is 10.2 Å². The molecule has 5 heteroatoms. The molecule has 1 amide bonds. The van der Waals surface area contributed by atoms with E-state index >= 15 is 0 Å². The van der Waals surface area contributed by atoms with Crippen LogP contribution in [0.5, 0.6) is 0 Å². The van der Waals surface area contributed by atoms with Gasteiger partial charge in [0.15, 0.2) is 0 Å². The first-order valence-corrected chi connectivity index (χ1v) is 7.65. The summed E-state index contributed by atoms with van der Waals surface area (Å²) in [7, 11) is 1.86. The van der Waals surface area contributed by atoms with Crippen molar-refractivity contribution in [2.24, 2.45) is 5.92 Å². The fraction of sp³-hybridized carbons (Fsp3) is 0.600. The summed E-state index contributed by atoms with van der Waals surface area (Å²) in [5.74, 6) is 1.35. The van der Waals surface area contributed by atoms with Crippen LogP contribution in [0.25, 0.3) is 0 Å². The number of carbonyl (C=O) groups excluding carboxylic acids is 1. The molecule has 1 aromatic rings. The van der Waals surface area contributed by atoms with E-state index in [0.717, 1.165) is 19.5 Å². The van der Waals surface area contributed by atoms with Gasteiger partial charge in [-0.05, 0) is 37.3 Å². The molecule has 0 unspecified atom stereocenters. The molecule has 1 aliphatic carbocycles. The molecule has 1 N–H and O–H groups in total. The zero-order valence-corrected chi connectivity index (χ0v) is 12.9. The second-order valence-corrected chi connectivity index (χ2v) is 5.86. The Balaban J connectivity index is 2.05. The lowest BCUT2D eigenvalue weighted by atomic mass is 9.85. The molecular weight excluding hydrogens is 274 g/mol. The third-order valence-corrected chi connectivity index (χ3v) is 3.89. The number of halogens is 1. The Labute approximate surface area is 125 Å². The van der Waals surface area contributed by atoms with Crippen LogP contribution in [0.3, 0.4) is 0 Å². The number of nitrogens with one attached hydrogen (secondary N) is 1. The Kier molecular flexibility index (Phi) is 5.24. The Morgan fingerprint density at radius 3 is 2.85 bits per heavy atom. The SMILES string of the molecule is CCCNc1cc(C(=O)N(C)CC2CCC2)cc(Cl)n1. The smallest absolute Gasteiger partial charge is 0.253 e. The zero-order valence-electron chi connectivity index (χ0n) is 12.2. The average Bonchev–Trinajstić information content (AvgIpc) is 2.38. The minimum atomic E-state index is 0.0146. The summed E-state index contributed by atoms with van der Waals surface area (Å²) < 4.78 is 0. The maximum atomic E-state index is 12.4. The molecule has 4 nitrogen and oxygen atoms in total. The number of hydrogen-bond donors (Lipinski definition) is 1. The largest absolute Gasteiger partial charge is 0.370 e. The summed E-state index contributed by atoms with van der Waals surface area (Å²) in [6.45, 7) is 3.73. The zero-order chi connectivity index (χ0) is 14.5. The van der Waals surface area contributed by atoms with Crippen molar-refractivity contribution in [3.63, 3.8) is 0 Å². The molecule has 110 valence electrons. The van der Waals surface area contributed by atoms with E-state index in [9.17, 15) is 4.79 Å². The van der Waals surface area contributed by atoms with Crippen molar-refractivity contribution in [3.8, 4) is 0 Å². The highest BCUT2D eigenvalue weighted by Gasteiger charge is 2.22. The Bertz CT molecular complexity index is 474. The quantitative estimate of drug-likeness (QED) is 0.818. The van der Waals surface area contributed by atoms with Crippen LogP contribution in [-0.4, -0.2) is 35.9 Å². The number of anilines is 1. The maximum Gasteiger partial charge on any atom is 0.253 e. The summed E-state index contributed by atoms with van der Waals surface area (Å²) in [4.78, 5) is 18.4. The second kappa shape index (κ2) is 6.93. The molecular formula is C15H22ClN3O. The molecule has 1 heterocycles. The highest BCUT2D eigenvalue weighted by molar-refractivity contribution is 6.29. The molecule has 1 aromatic heterocycles. The highest BCUT2D eigenvalue weighted by Crippen LogP contribution is 2.27. The Hall–Kier alpha value is -1.29. The van der Waals surface area contributed by atoms with Gasteiger partial charge in [0.05, 0.1) is 0 Å². The topological polar surface area (TPSA) is 45.2 Å². The van der Waals surface area contributed by atoms with Crippen LogP contribution < -0.4 is 5.32 Å². The van der Waals surface area contributed by atoms with Crippen LogP contribution in [0.15, 0.2) is 12.1 Å². The molecule has 20 heavy (non-hydrogen) atoms. The van der Waals surface area contributed by atoms with Crippen molar-refractivity contribution in [1.82, 2.24) is 9.88 Å². The van der Waals surface area contributed by atoms with Gasteiger partial charge in [-0.1, -0.05) is 24.9 Å². The molecule has 0 aromatic carbocycles. The van der Waals surface area contributed by atoms with Crippen LogP contribution >= 0.6 is 11.6 Å². The summed E-state index contributed by atoms with van der Waals surface area (Å²) in [5, 5.41) is 3.52. The normalized spacial score (nSPS) is 14.8. The fourth-order valence-corrected chi connectivity index (χ4v) is 2.54. The first-order chi connectivity index (χ1) is 9.60. The molecule has 1 saturated carbocycles. The summed E-state index contributed by atoms with van der Waals surface area (Å²) >= 11 is 6.00. The summed E-state index contributed by atoms with van der Waals surface area (Å²) in [6, 6.07) is 3.42. The maximum absolute atomic E-state index is 12.4. The van der Waals surface area contributed by atoms with Crippen LogP contribution in [0.1, 0.15) is 43.0 Å². The van der Waals surface area contributed by atoms with Crippen LogP contribution in [0.4, 0.5) is 5.82 Å². The van der Waals surface area contributed by atoms with E-state index in [4.69, 9.17) is 11.6 Å². The summed E-state index contributed by atoms with van der Waals surface area (Å²) in [6.07, 6.45) is 4.76. The van der Waals surface area contributed by atoms with Gasteiger partial charge in [0.25, 0.3) is 5.91 Å². The van der Waals surface area contributed by atoms with Crippen molar-refractivity contribution in [1.29, 1.82) is 0 Å². The van der Waals surface area contributed by atoms with Gasteiger partial charge in [-0.25, -0.2) is 4.98 Å². The van der Waals surface area contributed by atoms with E-state index in [0.29, 0.717) is 22.5 Å². The molecule has 0 radical (unpaired) electrons. The molecule has 0 bridgehead atoms. The predicted molar refractivity (Wildman–Crippen MR) is 82.3 cm³/mol. The molecule has 0 spiro atoms. The van der Waals surface area contributed by atoms with Crippen molar-refractivity contribution in [2.45, 2.75) is 32.6 Å². The lowest BCUT2D eigenvalue weighted by Crippen LogP contribution is -2.34. The number of pyridine rings is 1. The lowest BCUT2D eigenvalue weighted by Gasteiger charge is -2.30. The van der Waals surface area contributed by atoms with E-state index < -0.39 is 0 Å². The van der Waals surface area contributed by atoms with Gasteiger partial charge in [-0.3, -0.25) is 4.79 Å². The fourth-order valence-electron chi connectivity index (χ4n) is 2.33. The van der Waals surface area contributed by atoms with E-state index in [-0.39, 0.29) is 5.91 Å². The van der Waals surface area contributed by atoms with Gasteiger partial charge in [0.1, 0.15) is 11.0 Å². The van der Waals surface area contributed by atoms with Gasteiger partial charge in [0.2, 0.25) is 0 Å². The van der Waals surface area contributed by atoms with E-state index in [1.54, 1.807) is 17.0 Å². The Morgan fingerprint density at radius 1 is 1.50 bits per heavy atom. The van der Waals surface area contributed by atoms with Crippen molar-refractivity contribution >= 4 is 23.3 Å². The van der Waals surface area contributed by atoms with E-state index in [2.05, 4.69) is 17.2 Å². The molecule has 0 saturated heterocycles. The first kappa shape index (κ1) is 15.1. The van der Waals surface area contributed by atoms with Gasteiger partial charge in [-0.15, -0.1) is 0 Å². The van der Waals surface area contributed by atoms with Crippen molar-refractivity contribution in [3.05, 3.63) is 22.8 Å². The number of rotatable bonds is 6. The highest BCUT2D eigenvalue weighted by atomic mass is 35.5. The monoisotopic (exact) mass is 295 g/mol. The predicted octanol–water partition coefficient (Wildman–Crippen LogP) is 3.43. The summed E-state index contributed by atoms with van der Waals surface area (Å²) in [5.41, 5.74) is 0.602. The molecule has 1 aliphatic rings. The lowest BCUT2D eigenvalue weighted by molar-refractivity contribution is 0.0745. The number of amides is 1. The Morgan fingerprint density at radius 2 is 2.25 bits per heavy atom. The van der Waals surface area contributed by atoms with Crippen LogP contribution in [0.2, 0.25) is 5.15 Å². The molecule has 0 aliphatic heterocycles. The van der Waals surface area contributed by atoms with Crippen LogP contribution in [-0.2, 0) is 0 Å². The first-order valence-electron chi connectivity index (χ1n) is 7.27. The van der Waals surface area contributed by atoms with Crippen molar-refractivity contribution in [2.75, 3.05) is 25.5 Å². The number of hydrogen-bond acceptors (Lipinski definition) is 3. The van der Waals surface area contributed by atoms with Crippen LogP contribution in [0, 0.1) is 5.92 Å².